The number of nitrogens with two attached hydrogens (primary N) is 1. The molecule has 1 heterocycles. The fourth-order valence-corrected chi connectivity index (χ4v) is 1.32. The standard InChI is InChI=1S/C5H11N4O3P/c1-4(6)2-9-3-5(7-8-9)13(10,11)12/h3-4H,2,6H2,1H3,(H2,10,11,12)/p+1/t4-/m1/s1. The Morgan fingerprint density at radius 1 is 1.85 bits per heavy atom. The average Bonchev–Trinajstić information content (AvgIpc) is 2.32. The first kappa shape index (κ1) is 10.3. The van der Waals surface area contributed by atoms with Gasteiger partial charge >= 0.3 is 13.0 Å². The molecule has 0 spiro atoms. The molecule has 0 aromatic carbocycles. The lowest BCUT2D eigenvalue weighted by Crippen LogP contribution is -2.43. The van der Waals surface area contributed by atoms with Crippen LogP contribution in [-0.4, -0.2) is 26.1 Å². The lowest BCUT2D eigenvalue weighted by molar-refractivity contribution is -0.754. The van der Waals surface area contributed by atoms with E-state index in [4.69, 9.17) is 15.5 Å². The molecule has 8 heteroatoms. The predicted octanol–water partition coefficient (Wildman–Crippen LogP) is -2.15. The zero-order chi connectivity index (χ0) is 10.1. The first-order chi connectivity index (χ1) is 5.89. The normalized spacial score (nSPS) is 14.5. The van der Waals surface area contributed by atoms with Crippen molar-refractivity contribution in [3.8, 4) is 0 Å². The van der Waals surface area contributed by atoms with Gasteiger partial charge in [0, 0.05) is 6.04 Å². The molecule has 0 amide bonds. The summed E-state index contributed by atoms with van der Waals surface area (Å²) in [4.78, 5) is 17.4. The number of hydrogen-bond donors (Lipinski definition) is 4. The molecule has 1 rings (SSSR count). The first-order valence-corrected chi connectivity index (χ1v) is 5.27. The summed E-state index contributed by atoms with van der Waals surface area (Å²) in [6.07, 6.45) is 1.25. The minimum atomic E-state index is -4.24. The summed E-state index contributed by atoms with van der Waals surface area (Å²) in [5, 5.41) is 5.90. The van der Waals surface area contributed by atoms with E-state index < -0.39 is 7.60 Å². The van der Waals surface area contributed by atoms with E-state index in [0.717, 1.165) is 0 Å². The van der Waals surface area contributed by atoms with Gasteiger partial charge in [-0.1, -0.05) is 5.21 Å². The van der Waals surface area contributed by atoms with Crippen LogP contribution in [0.4, 0.5) is 0 Å². The van der Waals surface area contributed by atoms with Crippen LogP contribution in [0.25, 0.3) is 0 Å². The van der Waals surface area contributed by atoms with E-state index in [1.54, 1.807) is 6.92 Å². The van der Waals surface area contributed by atoms with E-state index in [2.05, 4.69) is 10.3 Å². The minimum absolute atomic E-state index is 0.102. The highest BCUT2D eigenvalue weighted by Gasteiger charge is 2.28. The van der Waals surface area contributed by atoms with Gasteiger partial charge in [-0.2, -0.15) is 4.68 Å². The lowest BCUT2D eigenvalue weighted by Gasteiger charge is -1.97. The highest BCUT2D eigenvalue weighted by Crippen LogP contribution is 2.30. The SMILES string of the molecule is C[C@@H](N)C[n+]1cc(P(=O)(O)O)n[nH]1. The quantitative estimate of drug-likeness (QED) is 0.333. The molecule has 1 aromatic heterocycles. The van der Waals surface area contributed by atoms with Crippen LogP contribution in [0.1, 0.15) is 6.92 Å². The van der Waals surface area contributed by atoms with Crippen molar-refractivity contribution in [3.05, 3.63) is 6.20 Å². The molecule has 0 saturated carbocycles. The molecule has 0 unspecified atom stereocenters. The van der Waals surface area contributed by atoms with Crippen LogP contribution in [0, 0.1) is 0 Å². The average molecular weight is 207 g/mol. The lowest BCUT2D eigenvalue weighted by atomic mass is 10.4. The molecule has 7 nitrogen and oxygen atoms in total. The Bertz CT molecular complexity index is 330. The van der Waals surface area contributed by atoms with Crippen molar-refractivity contribution in [2.24, 2.45) is 5.73 Å². The molecule has 1 aromatic rings. The molecule has 0 bridgehead atoms. The monoisotopic (exact) mass is 207 g/mol. The van der Waals surface area contributed by atoms with E-state index in [-0.39, 0.29) is 11.5 Å². The summed E-state index contributed by atoms with van der Waals surface area (Å²) in [7, 11) is -4.24. The van der Waals surface area contributed by atoms with Gasteiger partial charge in [-0.3, -0.25) is 4.57 Å². The molecule has 5 N–H and O–H groups in total. The van der Waals surface area contributed by atoms with Crippen molar-refractivity contribution < 1.29 is 19.0 Å². The molecule has 0 aliphatic rings. The molecule has 13 heavy (non-hydrogen) atoms. The number of aromatic nitrogens is 3. The largest absolute Gasteiger partial charge is 0.406 e. The van der Waals surface area contributed by atoms with Crippen molar-refractivity contribution in [3.63, 3.8) is 0 Å². The Hall–Kier alpha value is -0.750. The number of nitrogens with zero attached hydrogens (tertiary/aromatic N) is 2. The van der Waals surface area contributed by atoms with E-state index in [0.29, 0.717) is 6.54 Å². The molecular formula is C5H12N4O3P+. The fourth-order valence-electron chi connectivity index (χ4n) is 0.857. The van der Waals surface area contributed by atoms with Gasteiger partial charge in [-0.15, -0.1) is 0 Å². The minimum Gasteiger partial charge on any atom is -0.325 e. The van der Waals surface area contributed by atoms with Crippen LogP contribution in [0.2, 0.25) is 0 Å². The van der Waals surface area contributed by atoms with Gasteiger partial charge < -0.3 is 15.5 Å². The second-order valence-corrected chi connectivity index (χ2v) is 4.42. The van der Waals surface area contributed by atoms with Crippen LogP contribution < -0.4 is 15.9 Å². The van der Waals surface area contributed by atoms with Gasteiger partial charge in [0.15, 0.2) is 6.20 Å². The van der Waals surface area contributed by atoms with E-state index in [9.17, 15) is 4.57 Å². The molecular weight excluding hydrogens is 195 g/mol. The highest BCUT2D eigenvalue weighted by atomic mass is 31.2. The van der Waals surface area contributed by atoms with Gasteiger partial charge in [0.25, 0.3) is 0 Å². The first-order valence-electron chi connectivity index (χ1n) is 3.66. The number of nitrogens with one attached hydrogen (secondary N) is 1. The maximum Gasteiger partial charge on any atom is 0.406 e. The second-order valence-electron chi connectivity index (χ2n) is 2.87. The molecule has 1 atom stereocenters. The molecule has 0 radical (unpaired) electrons. The summed E-state index contributed by atoms with van der Waals surface area (Å²) in [6, 6.07) is -0.102. The molecule has 0 aliphatic heterocycles. The van der Waals surface area contributed by atoms with Crippen LogP contribution in [0.3, 0.4) is 0 Å². The zero-order valence-electron chi connectivity index (χ0n) is 7.08. The summed E-state index contributed by atoms with van der Waals surface area (Å²) in [5.74, 6) is 0. The Kier molecular flexibility index (Phi) is 2.82. The van der Waals surface area contributed by atoms with Gasteiger partial charge in [0.2, 0.25) is 0 Å². The maximum atomic E-state index is 10.7. The molecule has 74 valence electrons. The van der Waals surface area contributed by atoms with Crippen molar-refractivity contribution in [2.75, 3.05) is 0 Å². The number of H-pyrrole nitrogens is 1. The highest BCUT2D eigenvalue weighted by molar-refractivity contribution is 7.59. The van der Waals surface area contributed by atoms with Gasteiger partial charge in [0.05, 0.1) is 5.10 Å². The zero-order valence-corrected chi connectivity index (χ0v) is 7.98. The van der Waals surface area contributed by atoms with Crippen LogP contribution in [0.5, 0.6) is 0 Å². The topological polar surface area (TPSA) is 116 Å². The van der Waals surface area contributed by atoms with Gasteiger partial charge in [0.1, 0.15) is 6.54 Å². The third-order valence-electron chi connectivity index (χ3n) is 1.35. The Morgan fingerprint density at radius 3 is 2.85 bits per heavy atom. The van der Waals surface area contributed by atoms with Crippen LogP contribution in [-0.2, 0) is 11.1 Å². The molecule has 0 fully saturated rings. The number of rotatable bonds is 3. The van der Waals surface area contributed by atoms with Crippen LogP contribution >= 0.6 is 7.60 Å². The molecule has 0 aliphatic carbocycles. The number of aromatic amines is 1. The molecule has 0 saturated heterocycles. The van der Waals surface area contributed by atoms with Crippen LogP contribution in [0.15, 0.2) is 6.20 Å². The van der Waals surface area contributed by atoms with Gasteiger partial charge in [-0.05, 0) is 6.92 Å². The second kappa shape index (κ2) is 3.55. The van der Waals surface area contributed by atoms with E-state index in [1.807, 2.05) is 0 Å². The van der Waals surface area contributed by atoms with Crippen molar-refractivity contribution in [1.29, 1.82) is 0 Å². The van der Waals surface area contributed by atoms with E-state index >= 15 is 0 Å². The Morgan fingerprint density at radius 2 is 2.46 bits per heavy atom. The summed E-state index contributed by atoms with van der Waals surface area (Å²) in [5.41, 5.74) is 5.21. The van der Waals surface area contributed by atoms with Crippen molar-refractivity contribution >= 4 is 13.0 Å². The predicted molar refractivity (Wildman–Crippen MR) is 44.1 cm³/mol. The third kappa shape index (κ3) is 2.89. The fraction of sp³-hybridized carbons (Fsp3) is 0.600. The maximum absolute atomic E-state index is 10.7. The van der Waals surface area contributed by atoms with Gasteiger partial charge in [-0.25, -0.2) is 0 Å². The van der Waals surface area contributed by atoms with Crippen molar-refractivity contribution in [1.82, 2.24) is 10.3 Å². The third-order valence-corrected chi connectivity index (χ3v) is 2.16. The van der Waals surface area contributed by atoms with E-state index in [1.165, 1.54) is 10.9 Å². The summed E-state index contributed by atoms with van der Waals surface area (Å²) < 4.78 is 12.1. The smallest absolute Gasteiger partial charge is 0.325 e. The Labute approximate surface area is 74.7 Å². The van der Waals surface area contributed by atoms with Crippen molar-refractivity contribution in [2.45, 2.75) is 19.5 Å². The summed E-state index contributed by atoms with van der Waals surface area (Å²) in [6.45, 7) is 2.22. The number of hydrogen-bond acceptors (Lipinski definition) is 3. The Balaban J connectivity index is 2.81. The summed E-state index contributed by atoms with van der Waals surface area (Å²) >= 11 is 0.